The van der Waals surface area contributed by atoms with Crippen LogP contribution in [0, 0.1) is 0 Å². The SMILES string of the molecule is NNC(Cc1ccc(Cl)s1)c1ccc(Cl)nc1. The normalized spacial score (nSPS) is 12.6. The Morgan fingerprint density at radius 2 is 2.12 bits per heavy atom. The van der Waals surface area contributed by atoms with E-state index in [1.165, 1.54) is 4.88 Å². The number of hydrogen-bond donors (Lipinski definition) is 2. The number of pyridine rings is 1. The van der Waals surface area contributed by atoms with Gasteiger partial charge in [0.25, 0.3) is 0 Å². The third-order valence-electron chi connectivity index (χ3n) is 2.39. The highest BCUT2D eigenvalue weighted by Crippen LogP contribution is 2.26. The molecule has 2 heterocycles. The summed E-state index contributed by atoms with van der Waals surface area (Å²) in [6.07, 6.45) is 2.50. The molecule has 0 saturated carbocycles. The first kappa shape index (κ1) is 12.8. The molecule has 0 radical (unpaired) electrons. The van der Waals surface area contributed by atoms with E-state index < -0.39 is 0 Å². The van der Waals surface area contributed by atoms with Crippen LogP contribution in [0.5, 0.6) is 0 Å². The Kier molecular flexibility index (Phi) is 4.36. The molecule has 17 heavy (non-hydrogen) atoms. The second-order valence-corrected chi connectivity index (χ2v) is 5.73. The monoisotopic (exact) mass is 287 g/mol. The van der Waals surface area contributed by atoms with Crippen LogP contribution in [-0.4, -0.2) is 4.98 Å². The van der Waals surface area contributed by atoms with Crippen LogP contribution in [0.3, 0.4) is 0 Å². The van der Waals surface area contributed by atoms with E-state index in [-0.39, 0.29) is 6.04 Å². The molecule has 2 rings (SSSR count). The minimum atomic E-state index is 0.00878. The molecule has 0 amide bonds. The number of rotatable bonds is 4. The average Bonchev–Trinajstić information content (AvgIpc) is 2.73. The molecule has 0 aliphatic rings. The standard InChI is InChI=1S/C11H11Cl2N3S/c12-10-3-1-7(6-15-10)9(16-14)5-8-2-4-11(13)17-8/h1-4,6,9,16H,5,14H2. The summed E-state index contributed by atoms with van der Waals surface area (Å²) in [5.74, 6) is 5.56. The summed E-state index contributed by atoms with van der Waals surface area (Å²) in [5.41, 5.74) is 3.78. The molecule has 3 N–H and O–H groups in total. The minimum absolute atomic E-state index is 0.00878. The number of thiophene rings is 1. The molecular formula is C11H11Cl2N3S. The lowest BCUT2D eigenvalue weighted by atomic mass is 10.1. The Labute approximate surface area is 114 Å². The molecule has 2 aromatic rings. The highest BCUT2D eigenvalue weighted by atomic mass is 35.5. The molecule has 90 valence electrons. The van der Waals surface area contributed by atoms with Crippen molar-refractivity contribution >= 4 is 34.5 Å². The van der Waals surface area contributed by atoms with E-state index in [2.05, 4.69) is 10.4 Å². The summed E-state index contributed by atoms with van der Waals surface area (Å²) >= 11 is 13.2. The molecule has 1 unspecified atom stereocenters. The molecule has 6 heteroatoms. The van der Waals surface area contributed by atoms with Gasteiger partial charge in [0.1, 0.15) is 5.15 Å². The van der Waals surface area contributed by atoms with Crippen LogP contribution in [0.4, 0.5) is 0 Å². The zero-order valence-corrected chi connectivity index (χ0v) is 11.2. The van der Waals surface area contributed by atoms with Gasteiger partial charge < -0.3 is 0 Å². The van der Waals surface area contributed by atoms with Gasteiger partial charge in [-0.25, -0.2) is 4.98 Å². The van der Waals surface area contributed by atoms with Crippen LogP contribution in [0.2, 0.25) is 9.49 Å². The number of halogens is 2. The van der Waals surface area contributed by atoms with Crippen LogP contribution in [0.1, 0.15) is 16.5 Å². The van der Waals surface area contributed by atoms with Crippen molar-refractivity contribution < 1.29 is 0 Å². The Bertz CT molecular complexity index is 484. The van der Waals surface area contributed by atoms with E-state index in [0.29, 0.717) is 5.15 Å². The minimum Gasteiger partial charge on any atom is -0.271 e. The van der Waals surface area contributed by atoms with Crippen molar-refractivity contribution in [1.82, 2.24) is 10.4 Å². The van der Waals surface area contributed by atoms with E-state index in [1.54, 1.807) is 23.6 Å². The average molecular weight is 288 g/mol. The maximum Gasteiger partial charge on any atom is 0.129 e. The van der Waals surface area contributed by atoms with E-state index in [1.807, 2.05) is 18.2 Å². The molecule has 0 aromatic carbocycles. The van der Waals surface area contributed by atoms with Crippen LogP contribution >= 0.6 is 34.5 Å². The van der Waals surface area contributed by atoms with Crippen molar-refractivity contribution in [3.05, 3.63) is 50.4 Å². The highest BCUT2D eigenvalue weighted by molar-refractivity contribution is 7.16. The van der Waals surface area contributed by atoms with Crippen molar-refractivity contribution in [2.45, 2.75) is 12.5 Å². The van der Waals surface area contributed by atoms with Crippen LogP contribution in [0.15, 0.2) is 30.5 Å². The van der Waals surface area contributed by atoms with Gasteiger partial charge in [0.15, 0.2) is 0 Å². The molecular weight excluding hydrogens is 277 g/mol. The summed E-state index contributed by atoms with van der Waals surface area (Å²) in [6, 6.07) is 7.56. The first-order chi connectivity index (χ1) is 8.19. The summed E-state index contributed by atoms with van der Waals surface area (Å²) in [7, 11) is 0. The lowest BCUT2D eigenvalue weighted by Gasteiger charge is -2.14. The Morgan fingerprint density at radius 1 is 1.29 bits per heavy atom. The number of nitrogens with one attached hydrogen (secondary N) is 1. The van der Waals surface area contributed by atoms with Crippen molar-refractivity contribution in [2.24, 2.45) is 5.84 Å². The third-order valence-corrected chi connectivity index (χ3v) is 3.87. The van der Waals surface area contributed by atoms with Crippen LogP contribution < -0.4 is 11.3 Å². The van der Waals surface area contributed by atoms with Gasteiger partial charge in [-0.05, 0) is 23.8 Å². The van der Waals surface area contributed by atoms with Gasteiger partial charge >= 0.3 is 0 Å². The smallest absolute Gasteiger partial charge is 0.129 e. The predicted octanol–water partition coefficient (Wildman–Crippen LogP) is 3.20. The second-order valence-electron chi connectivity index (χ2n) is 3.54. The number of aromatic nitrogens is 1. The number of hydrogen-bond acceptors (Lipinski definition) is 4. The zero-order chi connectivity index (χ0) is 12.3. The lowest BCUT2D eigenvalue weighted by molar-refractivity contribution is 0.554. The maximum atomic E-state index is 5.89. The number of nitrogens with two attached hydrogens (primary N) is 1. The number of nitrogens with zero attached hydrogens (tertiary/aromatic N) is 1. The predicted molar refractivity (Wildman–Crippen MR) is 72.3 cm³/mol. The maximum absolute atomic E-state index is 5.89. The lowest BCUT2D eigenvalue weighted by Crippen LogP contribution is -2.29. The first-order valence-corrected chi connectivity index (χ1v) is 6.58. The first-order valence-electron chi connectivity index (χ1n) is 5.01. The topological polar surface area (TPSA) is 50.9 Å². The molecule has 0 aliphatic heterocycles. The summed E-state index contributed by atoms with van der Waals surface area (Å²) in [6.45, 7) is 0. The zero-order valence-electron chi connectivity index (χ0n) is 8.86. The van der Waals surface area contributed by atoms with Crippen molar-refractivity contribution in [1.29, 1.82) is 0 Å². The van der Waals surface area contributed by atoms with E-state index >= 15 is 0 Å². The van der Waals surface area contributed by atoms with Crippen LogP contribution in [-0.2, 0) is 6.42 Å². The van der Waals surface area contributed by atoms with Crippen molar-refractivity contribution in [3.63, 3.8) is 0 Å². The Hall–Kier alpha value is -0.650. The van der Waals surface area contributed by atoms with Gasteiger partial charge in [0.05, 0.1) is 10.4 Å². The van der Waals surface area contributed by atoms with Gasteiger partial charge in [-0.1, -0.05) is 29.3 Å². The molecule has 0 saturated heterocycles. The fourth-order valence-corrected chi connectivity index (χ4v) is 2.77. The largest absolute Gasteiger partial charge is 0.271 e. The Morgan fingerprint density at radius 3 is 2.65 bits per heavy atom. The van der Waals surface area contributed by atoms with Gasteiger partial charge in [-0.2, -0.15) is 0 Å². The van der Waals surface area contributed by atoms with Crippen molar-refractivity contribution in [2.75, 3.05) is 0 Å². The van der Waals surface area contributed by atoms with E-state index in [4.69, 9.17) is 29.0 Å². The second kappa shape index (κ2) is 5.80. The summed E-state index contributed by atoms with van der Waals surface area (Å²) in [4.78, 5) is 5.22. The van der Waals surface area contributed by atoms with Gasteiger partial charge in [0.2, 0.25) is 0 Å². The molecule has 0 spiro atoms. The van der Waals surface area contributed by atoms with Gasteiger partial charge in [-0.3, -0.25) is 11.3 Å². The van der Waals surface area contributed by atoms with Crippen LogP contribution in [0.25, 0.3) is 0 Å². The highest BCUT2D eigenvalue weighted by Gasteiger charge is 2.12. The molecule has 0 aliphatic carbocycles. The molecule has 0 fully saturated rings. The van der Waals surface area contributed by atoms with E-state index in [0.717, 1.165) is 16.3 Å². The number of hydrazine groups is 1. The molecule has 0 bridgehead atoms. The molecule has 1 atom stereocenters. The summed E-state index contributed by atoms with van der Waals surface area (Å²) < 4.78 is 0.782. The molecule has 3 nitrogen and oxygen atoms in total. The van der Waals surface area contributed by atoms with Gasteiger partial charge in [0, 0.05) is 17.5 Å². The third kappa shape index (κ3) is 3.40. The van der Waals surface area contributed by atoms with Crippen molar-refractivity contribution in [3.8, 4) is 0 Å². The molecule has 2 aromatic heterocycles. The fraction of sp³-hybridized carbons (Fsp3) is 0.182. The Balaban J connectivity index is 2.13. The summed E-state index contributed by atoms with van der Waals surface area (Å²) in [5, 5.41) is 0.476. The van der Waals surface area contributed by atoms with Gasteiger partial charge in [-0.15, -0.1) is 11.3 Å². The quantitative estimate of drug-likeness (QED) is 0.516. The fourth-order valence-electron chi connectivity index (χ4n) is 1.53. The van der Waals surface area contributed by atoms with E-state index in [9.17, 15) is 0 Å².